The van der Waals surface area contributed by atoms with Crippen molar-refractivity contribution in [2.24, 2.45) is 0 Å². The molecule has 0 fully saturated rings. The van der Waals surface area contributed by atoms with Crippen molar-refractivity contribution < 1.29 is 4.79 Å². The molecule has 1 amide bonds. The zero-order valence-electron chi connectivity index (χ0n) is 14.1. The molecule has 0 radical (unpaired) electrons. The van der Waals surface area contributed by atoms with Crippen molar-refractivity contribution in [2.75, 3.05) is 5.43 Å². The average Bonchev–Trinajstić information content (AvgIpc) is 2.69. The quantitative estimate of drug-likeness (QED) is 0.477. The number of nitrogens with one attached hydrogen (secondary N) is 3. The van der Waals surface area contributed by atoms with E-state index in [9.17, 15) is 4.79 Å². The summed E-state index contributed by atoms with van der Waals surface area (Å²) >= 11 is 5.24. The van der Waals surface area contributed by atoms with Crippen molar-refractivity contribution in [1.29, 1.82) is 0 Å². The van der Waals surface area contributed by atoms with E-state index in [1.807, 2.05) is 91.0 Å². The van der Waals surface area contributed by atoms with Crippen LogP contribution in [0.25, 0.3) is 0 Å². The average molecular weight is 361 g/mol. The van der Waals surface area contributed by atoms with Crippen molar-refractivity contribution in [3.63, 3.8) is 0 Å². The maximum Gasteiger partial charge on any atom is 0.238 e. The first-order valence-electron chi connectivity index (χ1n) is 8.26. The first-order chi connectivity index (χ1) is 12.7. The number of thiocarbonyl (C=S) groups is 1. The van der Waals surface area contributed by atoms with Gasteiger partial charge in [0.05, 0.1) is 11.6 Å². The highest BCUT2D eigenvalue weighted by molar-refractivity contribution is 7.80. The molecular weight excluding hydrogens is 342 g/mol. The minimum Gasteiger partial charge on any atom is -0.301 e. The summed E-state index contributed by atoms with van der Waals surface area (Å²) in [6.07, 6.45) is 0. The summed E-state index contributed by atoms with van der Waals surface area (Å²) in [6, 6.07) is 28.9. The Balaban J connectivity index is 1.71. The van der Waals surface area contributed by atoms with Crippen LogP contribution in [0, 0.1) is 0 Å². The van der Waals surface area contributed by atoms with Gasteiger partial charge >= 0.3 is 0 Å². The van der Waals surface area contributed by atoms with Gasteiger partial charge < -0.3 is 5.32 Å². The summed E-state index contributed by atoms with van der Waals surface area (Å²) in [5.74, 6) is -0.622. The fourth-order valence-electron chi connectivity index (χ4n) is 2.65. The molecule has 5 heteroatoms. The van der Waals surface area contributed by atoms with Crippen LogP contribution in [0.4, 0.5) is 5.69 Å². The van der Waals surface area contributed by atoms with Crippen LogP contribution in [-0.4, -0.2) is 11.0 Å². The maximum absolute atomic E-state index is 12.9. The summed E-state index contributed by atoms with van der Waals surface area (Å²) in [5, 5.41) is 2.98. The molecule has 0 bridgehead atoms. The van der Waals surface area contributed by atoms with Crippen LogP contribution in [0.3, 0.4) is 0 Å². The third-order valence-electron chi connectivity index (χ3n) is 3.86. The van der Waals surface area contributed by atoms with Crippen molar-refractivity contribution in [2.45, 2.75) is 5.92 Å². The topological polar surface area (TPSA) is 53.2 Å². The Bertz CT molecular complexity index is 815. The molecule has 0 aliphatic rings. The lowest BCUT2D eigenvalue weighted by Gasteiger charge is -2.19. The summed E-state index contributed by atoms with van der Waals surface area (Å²) < 4.78 is 0. The number of hydrogen-bond donors (Lipinski definition) is 3. The predicted octanol–water partition coefficient (Wildman–Crippen LogP) is 3.84. The standard InChI is InChI=1S/C21H19N3OS/c25-20(22-21(26)24-23-18-14-8-3-9-15-18)19(16-10-4-1-5-11-16)17-12-6-2-7-13-17/h1-15,19,23H,(H2,22,24,25,26). The van der Waals surface area contributed by atoms with Crippen LogP contribution >= 0.6 is 12.2 Å². The molecule has 3 N–H and O–H groups in total. The molecule has 3 rings (SSSR count). The fourth-order valence-corrected chi connectivity index (χ4v) is 2.80. The number of carbonyl (C=O) groups excluding carboxylic acids is 1. The predicted molar refractivity (Wildman–Crippen MR) is 109 cm³/mol. The molecule has 0 unspecified atom stereocenters. The Hall–Kier alpha value is -3.18. The fraction of sp³-hybridized carbons (Fsp3) is 0.0476. The normalized spacial score (nSPS) is 10.2. The lowest BCUT2D eigenvalue weighted by Crippen LogP contribution is -2.44. The molecular formula is C21H19N3OS. The summed E-state index contributed by atoms with van der Waals surface area (Å²) in [5.41, 5.74) is 8.48. The van der Waals surface area contributed by atoms with Gasteiger partial charge in [-0.15, -0.1) is 0 Å². The second kappa shape index (κ2) is 8.78. The van der Waals surface area contributed by atoms with Crippen molar-refractivity contribution in [1.82, 2.24) is 10.7 Å². The van der Waals surface area contributed by atoms with Gasteiger partial charge in [-0.25, -0.2) is 0 Å². The number of carbonyl (C=O) groups is 1. The molecule has 4 nitrogen and oxygen atoms in total. The molecule has 3 aromatic rings. The SMILES string of the molecule is O=C(NC(=S)NNc1ccccc1)C(c1ccccc1)c1ccccc1. The van der Waals surface area contributed by atoms with Gasteiger partial charge in [-0.1, -0.05) is 78.9 Å². The Morgan fingerprint density at radius 3 is 1.69 bits per heavy atom. The number of hydrogen-bond acceptors (Lipinski definition) is 3. The largest absolute Gasteiger partial charge is 0.301 e. The first kappa shape index (κ1) is 17.6. The van der Waals surface area contributed by atoms with Crippen molar-refractivity contribution in [3.05, 3.63) is 102 Å². The molecule has 0 saturated heterocycles. The smallest absolute Gasteiger partial charge is 0.238 e. The number of hydrazine groups is 1. The molecule has 0 atom stereocenters. The number of para-hydroxylation sites is 1. The van der Waals surface area contributed by atoms with Crippen LogP contribution in [-0.2, 0) is 4.79 Å². The molecule has 0 aliphatic carbocycles. The molecule has 0 spiro atoms. The highest BCUT2D eigenvalue weighted by Gasteiger charge is 2.23. The Kier molecular flexibility index (Phi) is 5.96. The van der Waals surface area contributed by atoms with Gasteiger partial charge in [0.1, 0.15) is 0 Å². The summed E-state index contributed by atoms with van der Waals surface area (Å²) in [4.78, 5) is 12.9. The molecule has 0 aliphatic heterocycles. The second-order valence-electron chi connectivity index (χ2n) is 5.69. The monoisotopic (exact) mass is 361 g/mol. The third-order valence-corrected chi connectivity index (χ3v) is 4.06. The molecule has 3 aromatic carbocycles. The maximum atomic E-state index is 12.9. The van der Waals surface area contributed by atoms with Crippen molar-refractivity contribution >= 4 is 28.9 Å². The number of benzene rings is 3. The highest BCUT2D eigenvalue weighted by Crippen LogP contribution is 2.24. The van der Waals surface area contributed by atoms with Gasteiger partial charge in [0.2, 0.25) is 5.91 Å². The zero-order chi connectivity index (χ0) is 18.2. The van der Waals surface area contributed by atoms with E-state index < -0.39 is 5.92 Å². The second-order valence-corrected chi connectivity index (χ2v) is 6.10. The van der Waals surface area contributed by atoms with Crippen LogP contribution in [0.2, 0.25) is 0 Å². The van der Waals surface area contributed by atoms with Gasteiger partial charge in [0.15, 0.2) is 5.11 Å². The van der Waals surface area contributed by atoms with E-state index in [0.29, 0.717) is 0 Å². The van der Waals surface area contributed by atoms with E-state index >= 15 is 0 Å². The Labute approximate surface area is 158 Å². The number of anilines is 1. The highest BCUT2D eigenvalue weighted by atomic mass is 32.1. The minimum atomic E-state index is -0.436. The minimum absolute atomic E-state index is 0.185. The van der Waals surface area contributed by atoms with E-state index in [-0.39, 0.29) is 11.0 Å². The van der Waals surface area contributed by atoms with E-state index in [1.54, 1.807) is 0 Å². The number of amides is 1. The summed E-state index contributed by atoms with van der Waals surface area (Å²) in [7, 11) is 0. The van der Waals surface area contributed by atoms with Gasteiger partial charge in [0.25, 0.3) is 0 Å². The van der Waals surface area contributed by atoms with Crippen molar-refractivity contribution in [3.8, 4) is 0 Å². The number of rotatable bonds is 5. The summed E-state index contributed by atoms with van der Waals surface area (Å²) in [6.45, 7) is 0. The van der Waals surface area contributed by atoms with Gasteiger partial charge in [-0.3, -0.25) is 15.6 Å². The zero-order valence-corrected chi connectivity index (χ0v) is 14.9. The van der Waals surface area contributed by atoms with E-state index in [1.165, 1.54) is 0 Å². The Morgan fingerprint density at radius 1 is 0.731 bits per heavy atom. The van der Waals surface area contributed by atoms with Crippen LogP contribution in [0.5, 0.6) is 0 Å². The lowest BCUT2D eigenvalue weighted by molar-refractivity contribution is -0.120. The molecule has 130 valence electrons. The van der Waals surface area contributed by atoms with Gasteiger partial charge in [-0.05, 0) is 35.5 Å². The van der Waals surface area contributed by atoms with E-state index in [2.05, 4.69) is 16.2 Å². The van der Waals surface area contributed by atoms with Crippen LogP contribution < -0.4 is 16.2 Å². The first-order valence-corrected chi connectivity index (χ1v) is 8.66. The van der Waals surface area contributed by atoms with Crippen LogP contribution in [0.1, 0.15) is 17.0 Å². The van der Waals surface area contributed by atoms with Gasteiger partial charge in [-0.2, -0.15) is 0 Å². The van der Waals surface area contributed by atoms with Crippen LogP contribution in [0.15, 0.2) is 91.0 Å². The Morgan fingerprint density at radius 2 is 1.19 bits per heavy atom. The molecule has 26 heavy (non-hydrogen) atoms. The van der Waals surface area contributed by atoms with Gasteiger partial charge in [0, 0.05) is 0 Å². The lowest BCUT2D eigenvalue weighted by atomic mass is 9.90. The third kappa shape index (κ3) is 4.68. The molecule has 0 aromatic heterocycles. The van der Waals surface area contributed by atoms with E-state index in [0.717, 1.165) is 16.8 Å². The van der Waals surface area contributed by atoms with E-state index in [4.69, 9.17) is 12.2 Å². The molecule has 0 heterocycles. The molecule has 0 saturated carbocycles.